The fraction of sp³-hybridized carbons (Fsp3) is 0.698. The lowest BCUT2D eigenvalue weighted by Gasteiger charge is -2.19. The predicted molar refractivity (Wildman–Crippen MR) is 209 cm³/mol. The molecule has 0 aromatic heterocycles. The summed E-state index contributed by atoms with van der Waals surface area (Å²) in [5.41, 5.74) is 0. The summed E-state index contributed by atoms with van der Waals surface area (Å²) in [7, 11) is 3.74. The molecule has 0 fully saturated rings. The maximum absolute atomic E-state index is 12.1. The molecule has 0 saturated heterocycles. The molecule has 0 bridgehead atoms. The Labute approximate surface area is 297 Å². The first-order valence-electron chi connectivity index (χ1n) is 19.5. The number of rotatable bonds is 35. The van der Waals surface area contributed by atoms with E-state index in [0.29, 0.717) is 13.2 Å². The minimum Gasteiger partial charge on any atom is -0.462 e. The number of likely N-dealkylation sites (N-methyl/N-ethyl adjacent to an activating group) is 1. The summed E-state index contributed by atoms with van der Waals surface area (Å²) >= 11 is 0. The van der Waals surface area contributed by atoms with E-state index < -0.39 is 0 Å². The first-order valence-corrected chi connectivity index (χ1v) is 19.5. The maximum atomic E-state index is 12.1. The largest absolute Gasteiger partial charge is 0.462 e. The molecule has 1 atom stereocenters. The molecule has 0 radical (unpaired) electrons. The fourth-order valence-corrected chi connectivity index (χ4v) is 5.00. The monoisotopic (exact) mass is 670 g/mol. The van der Waals surface area contributed by atoms with Gasteiger partial charge in [-0.1, -0.05) is 138 Å². The molecule has 0 aromatic carbocycles. The van der Waals surface area contributed by atoms with Gasteiger partial charge in [0.2, 0.25) is 0 Å². The highest BCUT2D eigenvalue weighted by molar-refractivity contribution is 5.71. The number of carbonyl (C=O) groups is 1. The second-order valence-electron chi connectivity index (χ2n) is 12.9. The fourth-order valence-electron chi connectivity index (χ4n) is 5.00. The molecule has 0 heterocycles. The van der Waals surface area contributed by atoms with E-state index in [1.165, 1.54) is 77.0 Å². The molecular weight excluding hydrogens is 594 g/mol. The third kappa shape index (κ3) is 38.2. The summed E-state index contributed by atoms with van der Waals surface area (Å²) in [4.78, 5) is 13.9. The average Bonchev–Trinajstić information content (AvgIpc) is 3.07. The number of allylic oxidation sites excluding steroid dienone is 12. The van der Waals surface area contributed by atoms with Crippen LogP contribution < -0.4 is 0 Å². The lowest BCUT2D eigenvalue weighted by atomic mass is 10.1. The average molecular weight is 670 g/mol. The number of hydrogen-bond acceptors (Lipinski definition) is 5. The number of carbonyl (C=O) groups excluding carboxylic acids is 1. The van der Waals surface area contributed by atoms with E-state index in [1.807, 2.05) is 19.0 Å². The molecule has 276 valence electrons. The molecule has 0 aliphatic carbocycles. The van der Waals surface area contributed by atoms with Gasteiger partial charge in [0, 0.05) is 13.2 Å². The Morgan fingerprint density at radius 2 is 0.938 bits per heavy atom. The molecule has 48 heavy (non-hydrogen) atoms. The van der Waals surface area contributed by atoms with E-state index in [9.17, 15) is 4.79 Å². The maximum Gasteiger partial charge on any atom is 0.320 e. The van der Waals surface area contributed by atoms with Gasteiger partial charge in [0.05, 0.1) is 13.2 Å². The van der Waals surface area contributed by atoms with Gasteiger partial charge in [-0.15, -0.1) is 0 Å². The minimum absolute atomic E-state index is 0.202. The van der Waals surface area contributed by atoms with Crippen molar-refractivity contribution in [2.24, 2.45) is 0 Å². The molecule has 0 amide bonds. The number of ether oxygens (including phenoxy) is 3. The van der Waals surface area contributed by atoms with Crippen molar-refractivity contribution >= 4 is 5.97 Å². The zero-order chi connectivity index (χ0) is 35.0. The molecule has 0 N–H and O–H groups in total. The van der Waals surface area contributed by atoms with Crippen molar-refractivity contribution in [1.29, 1.82) is 0 Å². The predicted octanol–water partition coefficient (Wildman–Crippen LogP) is 11.7. The minimum atomic E-state index is -0.220. The topological polar surface area (TPSA) is 48.0 Å². The van der Waals surface area contributed by atoms with Gasteiger partial charge in [0.1, 0.15) is 12.7 Å². The molecular formula is C43H75NO4. The van der Waals surface area contributed by atoms with Crippen molar-refractivity contribution in [3.8, 4) is 0 Å². The summed E-state index contributed by atoms with van der Waals surface area (Å²) in [5, 5.41) is 0. The third-order valence-electron chi connectivity index (χ3n) is 7.77. The van der Waals surface area contributed by atoms with Crippen molar-refractivity contribution in [1.82, 2.24) is 4.90 Å². The summed E-state index contributed by atoms with van der Waals surface area (Å²) in [6.07, 6.45) is 50.3. The molecule has 5 nitrogen and oxygen atoms in total. The Bertz CT molecular complexity index is 855. The Morgan fingerprint density at radius 1 is 0.521 bits per heavy atom. The van der Waals surface area contributed by atoms with Crippen LogP contribution in [-0.4, -0.2) is 64.0 Å². The molecule has 0 aliphatic rings. The van der Waals surface area contributed by atoms with E-state index in [2.05, 4.69) is 86.8 Å². The highest BCUT2D eigenvalue weighted by Crippen LogP contribution is 2.10. The Kier molecular flexibility index (Phi) is 37.4. The van der Waals surface area contributed by atoms with E-state index in [0.717, 1.165) is 58.0 Å². The van der Waals surface area contributed by atoms with Crippen molar-refractivity contribution in [3.63, 3.8) is 0 Å². The van der Waals surface area contributed by atoms with Crippen LogP contribution in [0.1, 0.15) is 142 Å². The molecule has 0 saturated carbocycles. The van der Waals surface area contributed by atoms with Gasteiger partial charge in [-0.05, 0) is 91.1 Å². The number of nitrogens with zero attached hydrogens (tertiary/aromatic N) is 1. The molecule has 0 spiro atoms. The Hall–Kier alpha value is -2.21. The van der Waals surface area contributed by atoms with Crippen molar-refractivity contribution in [2.45, 2.75) is 148 Å². The second-order valence-corrected chi connectivity index (χ2v) is 12.9. The summed E-state index contributed by atoms with van der Waals surface area (Å²) in [5.74, 6) is -0.220. The first kappa shape index (κ1) is 45.8. The molecule has 1 unspecified atom stereocenters. The van der Waals surface area contributed by atoms with E-state index in [-0.39, 0.29) is 25.2 Å². The van der Waals surface area contributed by atoms with Gasteiger partial charge in [-0.3, -0.25) is 9.69 Å². The van der Waals surface area contributed by atoms with Gasteiger partial charge < -0.3 is 14.2 Å². The Morgan fingerprint density at radius 3 is 1.42 bits per heavy atom. The highest BCUT2D eigenvalue weighted by atomic mass is 16.6. The summed E-state index contributed by atoms with van der Waals surface area (Å²) in [6.45, 7) is 6.77. The Balaban J connectivity index is 3.92. The van der Waals surface area contributed by atoms with Crippen LogP contribution >= 0.6 is 0 Å². The standard InChI is InChI=1S/C43H75NO4/c1-5-7-9-11-13-15-17-19-21-23-25-27-29-31-33-35-37-46-40-42(41-48-43(45)39-44(3)4)47-38-36-34-32-30-28-26-24-22-20-18-16-14-12-10-8-6-2/h7-10,13-16,19-22,42H,5-6,11-12,17-18,23-41H2,1-4H3/b9-7-,10-8-,15-13-,16-14-,21-19-,22-20-. The normalized spacial score (nSPS) is 13.3. The quantitative estimate of drug-likeness (QED) is 0.0382. The van der Waals surface area contributed by atoms with Crippen molar-refractivity contribution in [3.05, 3.63) is 72.9 Å². The number of unbranched alkanes of at least 4 members (excludes halogenated alkanes) is 12. The number of esters is 1. The van der Waals surface area contributed by atoms with Gasteiger partial charge in [0.15, 0.2) is 0 Å². The van der Waals surface area contributed by atoms with Gasteiger partial charge in [-0.25, -0.2) is 0 Å². The van der Waals surface area contributed by atoms with Gasteiger partial charge in [-0.2, -0.15) is 0 Å². The summed E-state index contributed by atoms with van der Waals surface area (Å²) in [6, 6.07) is 0. The van der Waals surface area contributed by atoms with Crippen molar-refractivity contribution in [2.75, 3.05) is 47.1 Å². The molecule has 0 rings (SSSR count). The van der Waals surface area contributed by atoms with Crippen molar-refractivity contribution < 1.29 is 19.0 Å². The molecule has 5 heteroatoms. The lowest BCUT2D eigenvalue weighted by molar-refractivity contribution is -0.150. The van der Waals surface area contributed by atoms with Crippen LogP contribution in [0.25, 0.3) is 0 Å². The van der Waals surface area contributed by atoms with Gasteiger partial charge >= 0.3 is 5.97 Å². The first-order chi connectivity index (χ1) is 23.6. The van der Waals surface area contributed by atoms with Crippen LogP contribution in [0.15, 0.2) is 72.9 Å². The van der Waals surface area contributed by atoms with Crippen LogP contribution in [0, 0.1) is 0 Å². The zero-order valence-corrected chi connectivity index (χ0v) is 31.8. The van der Waals surface area contributed by atoms with E-state index in [4.69, 9.17) is 14.2 Å². The SMILES string of the molecule is CC/C=C\C/C=C\C/C=C\CCCCCCCCOCC(COC(=O)CN(C)C)OCCCCCCCC/C=C\C/C=C\C/C=C\CC. The molecule has 0 aromatic rings. The van der Waals surface area contributed by atoms with Crippen LogP contribution in [0.2, 0.25) is 0 Å². The smallest absolute Gasteiger partial charge is 0.320 e. The van der Waals surface area contributed by atoms with E-state index >= 15 is 0 Å². The molecule has 0 aliphatic heterocycles. The van der Waals surface area contributed by atoms with Crippen LogP contribution in [0.3, 0.4) is 0 Å². The van der Waals surface area contributed by atoms with Crippen LogP contribution in [0.4, 0.5) is 0 Å². The van der Waals surface area contributed by atoms with Crippen LogP contribution in [0.5, 0.6) is 0 Å². The van der Waals surface area contributed by atoms with E-state index in [1.54, 1.807) is 0 Å². The summed E-state index contributed by atoms with van der Waals surface area (Å²) < 4.78 is 17.5. The van der Waals surface area contributed by atoms with Gasteiger partial charge in [0.25, 0.3) is 0 Å². The highest BCUT2D eigenvalue weighted by Gasteiger charge is 2.14. The third-order valence-corrected chi connectivity index (χ3v) is 7.77. The second kappa shape index (κ2) is 39.2. The van der Waals surface area contributed by atoms with Crippen LogP contribution in [-0.2, 0) is 19.0 Å². The number of hydrogen-bond donors (Lipinski definition) is 0. The lowest BCUT2D eigenvalue weighted by Crippen LogP contribution is -2.31. The zero-order valence-electron chi connectivity index (χ0n) is 31.8.